The van der Waals surface area contributed by atoms with Crippen LogP contribution in [0.15, 0.2) is 24.3 Å². The third-order valence-electron chi connectivity index (χ3n) is 3.92. The molecule has 0 unspecified atom stereocenters. The fourth-order valence-electron chi connectivity index (χ4n) is 2.48. The topological polar surface area (TPSA) is 46.2 Å². The van der Waals surface area contributed by atoms with Crippen molar-refractivity contribution in [3.05, 3.63) is 29.8 Å². The second-order valence-electron chi connectivity index (χ2n) is 5.87. The average Bonchev–Trinajstić information content (AvgIpc) is 2.23. The Morgan fingerprint density at radius 3 is 2.31 bits per heavy atom. The highest BCUT2D eigenvalue weighted by Gasteiger charge is 2.36. The van der Waals surface area contributed by atoms with Gasteiger partial charge in [-0.2, -0.15) is 0 Å². The maximum absolute atomic E-state index is 9.51. The van der Waals surface area contributed by atoms with Gasteiger partial charge in [-0.05, 0) is 48.8 Å². The van der Waals surface area contributed by atoms with Gasteiger partial charge in [0.2, 0.25) is 0 Å². The Labute approximate surface area is 97.5 Å². The van der Waals surface area contributed by atoms with Gasteiger partial charge in [-0.25, -0.2) is 0 Å². The lowest BCUT2D eigenvalue weighted by molar-refractivity contribution is 0.165. The molecule has 88 valence electrons. The van der Waals surface area contributed by atoms with E-state index in [2.05, 4.69) is 13.8 Å². The molecular weight excluding hydrogens is 198 g/mol. The summed E-state index contributed by atoms with van der Waals surface area (Å²) in [5.74, 6) is 0.312. The molecule has 0 radical (unpaired) electrons. The minimum absolute atomic E-state index is 0.242. The predicted molar refractivity (Wildman–Crippen MR) is 66.2 cm³/mol. The quantitative estimate of drug-likeness (QED) is 0.762. The molecule has 1 aliphatic rings. The second-order valence-corrected chi connectivity index (χ2v) is 5.87. The molecule has 2 rings (SSSR count). The third-order valence-corrected chi connectivity index (χ3v) is 3.92. The lowest BCUT2D eigenvalue weighted by Crippen LogP contribution is -2.42. The summed E-state index contributed by atoms with van der Waals surface area (Å²) in [6.45, 7) is 4.60. The zero-order valence-electron chi connectivity index (χ0n) is 10.2. The van der Waals surface area contributed by atoms with Gasteiger partial charge in [-0.1, -0.05) is 26.0 Å². The SMILES string of the molecule is CC1(C)CCC(N)(c2cccc(O)c2)CC1. The number of aromatic hydroxyl groups is 1. The van der Waals surface area contributed by atoms with Crippen molar-refractivity contribution in [2.24, 2.45) is 11.1 Å². The number of nitrogens with two attached hydrogens (primary N) is 1. The molecule has 0 atom stereocenters. The van der Waals surface area contributed by atoms with Crippen molar-refractivity contribution in [1.29, 1.82) is 0 Å². The molecule has 0 saturated heterocycles. The highest BCUT2D eigenvalue weighted by Crippen LogP contribution is 2.43. The van der Waals surface area contributed by atoms with Crippen molar-refractivity contribution >= 4 is 0 Å². The Hall–Kier alpha value is -1.02. The Morgan fingerprint density at radius 1 is 1.12 bits per heavy atom. The van der Waals surface area contributed by atoms with Crippen LogP contribution in [0.25, 0.3) is 0 Å². The molecule has 0 amide bonds. The van der Waals surface area contributed by atoms with Crippen LogP contribution in [-0.2, 0) is 5.54 Å². The number of hydrogen-bond donors (Lipinski definition) is 2. The highest BCUT2D eigenvalue weighted by atomic mass is 16.3. The number of phenols is 1. The van der Waals surface area contributed by atoms with Crippen LogP contribution in [-0.4, -0.2) is 5.11 Å². The first-order valence-corrected chi connectivity index (χ1v) is 6.00. The van der Waals surface area contributed by atoms with E-state index < -0.39 is 0 Å². The van der Waals surface area contributed by atoms with Crippen LogP contribution < -0.4 is 5.73 Å². The van der Waals surface area contributed by atoms with Crippen LogP contribution in [0.2, 0.25) is 0 Å². The van der Waals surface area contributed by atoms with E-state index in [4.69, 9.17) is 5.73 Å². The van der Waals surface area contributed by atoms with Gasteiger partial charge < -0.3 is 10.8 Å². The molecule has 0 aliphatic heterocycles. The fraction of sp³-hybridized carbons (Fsp3) is 0.571. The van der Waals surface area contributed by atoms with Crippen LogP contribution in [0.5, 0.6) is 5.75 Å². The van der Waals surface area contributed by atoms with E-state index in [9.17, 15) is 5.11 Å². The summed E-state index contributed by atoms with van der Waals surface area (Å²) >= 11 is 0. The molecule has 0 spiro atoms. The molecule has 0 heterocycles. The molecule has 1 aromatic rings. The van der Waals surface area contributed by atoms with Gasteiger partial charge >= 0.3 is 0 Å². The highest BCUT2D eigenvalue weighted by molar-refractivity contribution is 5.32. The van der Waals surface area contributed by atoms with Gasteiger partial charge in [-0.15, -0.1) is 0 Å². The predicted octanol–water partition coefficient (Wildman–Crippen LogP) is 3.15. The summed E-state index contributed by atoms with van der Waals surface area (Å²) < 4.78 is 0. The van der Waals surface area contributed by atoms with Crippen molar-refractivity contribution in [2.45, 2.75) is 45.1 Å². The normalized spacial score (nSPS) is 22.9. The smallest absolute Gasteiger partial charge is 0.115 e. The first-order valence-electron chi connectivity index (χ1n) is 6.00. The monoisotopic (exact) mass is 219 g/mol. The molecule has 2 nitrogen and oxygen atoms in total. The maximum Gasteiger partial charge on any atom is 0.115 e. The van der Waals surface area contributed by atoms with E-state index in [-0.39, 0.29) is 5.54 Å². The van der Waals surface area contributed by atoms with Crippen LogP contribution in [0.1, 0.15) is 45.1 Å². The molecule has 16 heavy (non-hydrogen) atoms. The largest absolute Gasteiger partial charge is 0.508 e. The van der Waals surface area contributed by atoms with Crippen LogP contribution >= 0.6 is 0 Å². The van der Waals surface area contributed by atoms with Crippen LogP contribution in [0.4, 0.5) is 0 Å². The molecule has 1 aromatic carbocycles. The molecule has 3 N–H and O–H groups in total. The van der Waals surface area contributed by atoms with Crippen LogP contribution in [0, 0.1) is 5.41 Å². The Morgan fingerprint density at radius 2 is 1.75 bits per heavy atom. The number of phenolic OH excluding ortho intramolecular Hbond substituents is 1. The third kappa shape index (κ3) is 2.22. The van der Waals surface area contributed by atoms with Gasteiger partial charge in [0.1, 0.15) is 5.75 Å². The average molecular weight is 219 g/mol. The van der Waals surface area contributed by atoms with Gasteiger partial charge in [0, 0.05) is 5.54 Å². The molecule has 2 heteroatoms. The van der Waals surface area contributed by atoms with Crippen LogP contribution in [0.3, 0.4) is 0 Å². The van der Waals surface area contributed by atoms with E-state index in [1.54, 1.807) is 12.1 Å². The van der Waals surface area contributed by atoms with Crippen molar-refractivity contribution in [2.75, 3.05) is 0 Å². The fourth-order valence-corrected chi connectivity index (χ4v) is 2.48. The minimum Gasteiger partial charge on any atom is -0.508 e. The summed E-state index contributed by atoms with van der Waals surface area (Å²) in [7, 11) is 0. The van der Waals surface area contributed by atoms with E-state index in [0.717, 1.165) is 31.2 Å². The van der Waals surface area contributed by atoms with E-state index >= 15 is 0 Å². The van der Waals surface area contributed by atoms with Gasteiger partial charge in [-0.3, -0.25) is 0 Å². The zero-order valence-corrected chi connectivity index (χ0v) is 10.2. The number of hydrogen-bond acceptors (Lipinski definition) is 2. The lowest BCUT2D eigenvalue weighted by atomic mass is 9.67. The summed E-state index contributed by atoms with van der Waals surface area (Å²) in [4.78, 5) is 0. The number of benzene rings is 1. The number of rotatable bonds is 1. The van der Waals surface area contributed by atoms with Crippen molar-refractivity contribution in [1.82, 2.24) is 0 Å². The Kier molecular flexibility index (Phi) is 2.70. The lowest BCUT2D eigenvalue weighted by Gasteiger charge is -2.41. The molecule has 1 fully saturated rings. The summed E-state index contributed by atoms with van der Waals surface area (Å²) in [5, 5.41) is 9.51. The maximum atomic E-state index is 9.51. The van der Waals surface area contributed by atoms with Gasteiger partial charge in [0.05, 0.1) is 0 Å². The summed E-state index contributed by atoms with van der Waals surface area (Å²) in [6, 6.07) is 7.40. The summed E-state index contributed by atoms with van der Waals surface area (Å²) in [6.07, 6.45) is 4.31. The van der Waals surface area contributed by atoms with E-state index in [0.29, 0.717) is 11.2 Å². The van der Waals surface area contributed by atoms with Crippen molar-refractivity contribution < 1.29 is 5.11 Å². The molecule has 0 bridgehead atoms. The minimum atomic E-state index is -0.242. The first-order chi connectivity index (χ1) is 7.41. The zero-order chi connectivity index (χ0) is 11.8. The van der Waals surface area contributed by atoms with Gasteiger partial charge in [0.25, 0.3) is 0 Å². The van der Waals surface area contributed by atoms with E-state index in [1.165, 1.54) is 0 Å². The van der Waals surface area contributed by atoms with Gasteiger partial charge in [0.15, 0.2) is 0 Å². The first kappa shape index (κ1) is 11.5. The molecule has 1 aliphatic carbocycles. The Bertz CT molecular complexity index is 374. The second kappa shape index (κ2) is 3.77. The summed E-state index contributed by atoms with van der Waals surface area (Å²) in [5.41, 5.74) is 7.71. The molecule has 1 saturated carbocycles. The molecule has 0 aromatic heterocycles. The van der Waals surface area contributed by atoms with Crippen molar-refractivity contribution in [3.8, 4) is 5.75 Å². The molecular formula is C14H21NO. The Balaban J connectivity index is 2.21. The standard InChI is InChI=1S/C14H21NO/c1-13(2)6-8-14(15,9-7-13)11-4-3-5-12(16)10-11/h3-5,10,16H,6-9,15H2,1-2H3. The van der Waals surface area contributed by atoms with E-state index in [1.807, 2.05) is 12.1 Å². The van der Waals surface area contributed by atoms with Crippen molar-refractivity contribution in [3.63, 3.8) is 0 Å².